The van der Waals surface area contributed by atoms with Crippen LogP contribution in [0.4, 0.5) is 5.69 Å². The fraction of sp³-hybridized carbons (Fsp3) is 0.263. The zero-order chi connectivity index (χ0) is 20.4. The van der Waals surface area contributed by atoms with Gasteiger partial charge in [-0.15, -0.1) is 0 Å². The fourth-order valence-corrected chi connectivity index (χ4v) is 5.04. The van der Waals surface area contributed by atoms with E-state index >= 15 is 0 Å². The molecule has 1 saturated heterocycles. The van der Waals surface area contributed by atoms with Gasteiger partial charge in [0.1, 0.15) is 6.04 Å². The van der Waals surface area contributed by atoms with Gasteiger partial charge in [0, 0.05) is 24.2 Å². The largest absolute Gasteiger partial charge is 0.337 e. The number of sulfonamides is 1. The normalized spacial score (nSPS) is 17.9. The van der Waals surface area contributed by atoms with E-state index < -0.39 is 21.0 Å². The summed E-state index contributed by atoms with van der Waals surface area (Å²) in [7, 11) is -3.87. The number of hydrogen-bond acceptors (Lipinski definition) is 7. The van der Waals surface area contributed by atoms with Crippen molar-refractivity contribution in [3.63, 3.8) is 0 Å². The smallest absolute Gasteiger partial charge is 0.269 e. The third-order valence-electron chi connectivity index (χ3n) is 4.87. The van der Waals surface area contributed by atoms with Crippen molar-refractivity contribution in [2.75, 3.05) is 6.54 Å². The van der Waals surface area contributed by atoms with Crippen molar-refractivity contribution in [1.29, 1.82) is 0 Å². The molecule has 0 spiro atoms. The first-order valence-electron chi connectivity index (χ1n) is 9.12. The number of aromatic nitrogens is 2. The second kappa shape index (κ2) is 7.72. The minimum atomic E-state index is -3.87. The van der Waals surface area contributed by atoms with Gasteiger partial charge in [0.05, 0.1) is 9.82 Å². The standard InChI is InChI=1S/C19H18N4O5S/c24-23(25)15-9-11-16(12-10-15)29(26,27)22-13-5-4-8-17(22)19-20-18(21-28-19)14-6-2-1-3-7-14/h1-3,6-7,9-12,17H,4-5,8,13H2/t17-/m1/s1. The summed E-state index contributed by atoms with van der Waals surface area (Å²) in [5.41, 5.74) is 0.617. The number of nitrogens with zero attached hydrogens (tertiary/aromatic N) is 4. The fourth-order valence-electron chi connectivity index (χ4n) is 3.39. The van der Waals surface area contributed by atoms with E-state index in [-0.39, 0.29) is 16.5 Å². The number of rotatable bonds is 5. The molecule has 1 aliphatic rings. The Morgan fingerprint density at radius 2 is 1.79 bits per heavy atom. The van der Waals surface area contributed by atoms with Gasteiger partial charge in [-0.05, 0) is 25.0 Å². The van der Waals surface area contributed by atoms with Crippen LogP contribution in [0.25, 0.3) is 11.4 Å². The molecule has 0 aliphatic carbocycles. The lowest BCUT2D eigenvalue weighted by atomic mass is 10.1. The predicted molar refractivity (Wildman–Crippen MR) is 103 cm³/mol. The molecule has 2 aromatic carbocycles. The summed E-state index contributed by atoms with van der Waals surface area (Å²) in [4.78, 5) is 14.7. The number of benzene rings is 2. The van der Waals surface area contributed by atoms with Crippen LogP contribution in [0.15, 0.2) is 64.0 Å². The molecule has 0 amide bonds. The molecule has 1 fully saturated rings. The highest BCUT2D eigenvalue weighted by Crippen LogP contribution is 2.35. The molecular weight excluding hydrogens is 396 g/mol. The van der Waals surface area contributed by atoms with E-state index in [0.29, 0.717) is 25.2 Å². The van der Waals surface area contributed by atoms with E-state index in [1.165, 1.54) is 28.6 Å². The van der Waals surface area contributed by atoms with Crippen molar-refractivity contribution in [1.82, 2.24) is 14.4 Å². The Labute approximate surface area is 167 Å². The van der Waals surface area contributed by atoms with Gasteiger partial charge in [-0.1, -0.05) is 41.9 Å². The predicted octanol–water partition coefficient (Wildman–Crippen LogP) is 3.56. The Morgan fingerprint density at radius 1 is 1.07 bits per heavy atom. The summed E-state index contributed by atoms with van der Waals surface area (Å²) < 4.78 is 33.2. The Kier molecular flexibility index (Phi) is 5.12. The molecule has 9 nitrogen and oxygen atoms in total. The number of nitro groups is 1. The van der Waals surface area contributed by atoms with Crippen LogP contribution in [-0.4, -0.2) is 34.3 Å². The van der Waals surface area contributed by atoms with Gasteiger partial charge < -0.3 is 4.52 Å². The van der Waals surface area contributed by atoms with Gasteiger partial charge in [-0.2, -0.15) is 9.29 Å². The molecule has 10 heteroatoms. The van der Waals surface area contributed by atoms with Gasteiger partial charge in [0.25, 0.3) is 5.69 Å². The first-order valence-corrected chi connectivity index (χ1v) is 10.6. The van der Waals surface area contributed by atoms with Crippen LogP contribution >= 0.6 is 0 Å². The Morgan fingerprint density at radius 3 is 2.48 bits per heavy atom. The lowest BCUT2D eigenvalue weighted by Gasteiger charge is -2.32. The maximum atomic E-state index is 13.2. The average Bonchev–Trinajstić information content (AvgIpc) is 3.25. The minimum absolute atomic E-state index is 0.00204. The molecule has 150 valence electrons. The molecule has 0 N–H and O–H groups in total. The van der Waals surface area contributed by atoms with Gasteiger partial charge in [-0.3, -0.25) is 10.1 Å². The topological polar surface area (TPSA) is 119 Å². The van der Waals surface area contributed by atoms with Crippen LogP contribution in [0, 0.1) is 10.1 Å². The summed E-state index contributed by atoms with van der Waals surface area (Å²) in [5, 5.41) is 14.8. The van der Waals surface area contributed by atoms with Crippen LogP contribution in [-0.2, 0) is 10.0 Å². The Hall–Kier alpha value is -3.11. The van der Waals surface area contributed by atoms with Crippen molar-refractivity contribution in [3.05, 3.63) is 70.6 Å². The molecule has 2 heterocycles. The molecule has 0 unspecified atom stereocenters. The SMILES string of the molecule is O=[N+]([O-])c1ccc(S(=O)(=O)N2CCCC[C@@H]2c2nc(-c3ccccc3)no2)cc1. The van der Waals surface area contributed by atoms with Crippen LogP contribution in [0.5, 0.6) is 0 Å². The summed E-state index contributed by atoms with van der Waals surface area (Å²) in [6, 6.07) is 13.6. The van der Waals surface area contributed by atoms with Crippen LogP contribution in [0.1, 0.15) is 31.2 Å². The molecule has 0 radical (unpaired) electrons. The van der Waals surface area contributed by atoms with E-state index in [2.05, 4.69) is 10.1 Å². The van der Waals surface area contributed by atoms with E-state index in [1.54, 1.807) is 0 Å². The van der Waals surface area contributed by atoms with Crippen LogP contribution in [0.3, 0.4) is 0 Å². The van der Waals surface area contributed by atoms with Crippen LogP contribution in [0.2, 0.25) is 0 Å². The summed E-state index contributed by atoms with van der Waals surface area (Å²) in [6.45, 7) is 0.313. The lowest BCUT2D eigenvalue weighted by molar-refractivity contribution is -0.384. The number of piperidine rings is 1. The third-order valence-corrected chi connectivity index (χ3v) is 6.79. The number of hydrogen-bond donors (Lipinski definition) is 0. The van der Waals surface area contributed by atoms with Crippen LogP contribution < -0.4 is 0 Å². The summed E-state index contributed by atoms with van der Waals surface area (Å²) in [5.74, 6) is 0.646. The van der Waals surface area contributed by atoms with E-state index in [9.17, 15) is 18.5 Å². The maximum absolute atomic E-state index is 13.2. The zero-order valence-electron chi connectivity index (χ0n) is 15.3. The number of non-ortho nitro benzene ring substituents is 1. The molecule has 1 atom stereocenters. The van der Waals surface area contributed by atoms with Gasteiger partial charge in [-0.25, -0.2) is 8.42 Å². The third kappa shape index (κ3) is 3.76. The minimum Gasteiger partial charge on any atom is -0.337 e. The quantitative estimate of drug-likeness (QED) is 0.462. The molecule has 4 rings (SSSR count). The van der Waals surface area contributed by atoms with Crippen molar-refractivity contribution in [2.45, 2.75) is 30.2 Å². The van der Waals surface area contributed by atoms with Gasteiger partial charge in [0.15, 0.2) is 0 Å². The van der Waals surface area contributed by atoms with Crippen molar-refractivity contribution < 1.29 is 17.9 Å². The molecule has 0 bridgehead atoms. The molecule has 29 heavy (non-hydrogen) atoms. The average molecular weight is 414 g/mol. The summed E-state index contributed by atoms with van der Waals surface area (Å²) in [6.07, 6.45) is 2.10. The highest BCUT2D eigenvalue weighted by molar-refractivity contribution is 7.89. The summed E-state index contributed by atoms with van der Waals surface area (Å²) >= 11 is 0. The molecule has 1 aromatic heterocycles. The number of nitro benzene ring substituents is 1. The zero-order valence-corrected chi connectivity index (χ0v) is 16.2. The van der Waals surface area contributed by atoms with E-state index in [4.69, 9.17) is 4.52 Å². The highest BCUT2D eigenvalue weighted by atomic mass is 32.2. The lowest BCUT2D eigenvalue weighted by Crippen LogP contribution is -2.38. The Bertz CT molecular complexity index is 1110. The molecular formula is C19H18N4O5S. The molecule has 3 aromatic rings. The maximum Gasteiger partial charge on any atom is 0.269 e. The molecule has 1 aliphatic heterocycles. The van der Waals surface area contributed by atoms with E-state index in [0.717, 1.165) is 12.0 Å². The van der Waals surface area contributed by atoms with Gasteiger partial charge >= 0.3 is 0 Å². The highest BCUT2D eigenvalue weighted by Gasteiger charge is 2.37. The van der Waals surface area contributed by atoms with Gasteiger partial charge in [0.2, 0.25) is 21.7 Å². The first-order chi connectivity index (χ1) is 14.0. The first kappa shape index (κ1) is 19.2. The van der Waals surface area contributed by atoms with Crippen molar-refractivity contribution >= 4 is 15.7 Å². The van der Waals surface area contributed by atoms with Crippen molar-refractivity contribution in [3.8, 4) is 11.4 Å². The second-order valence-corrected chi connectivity index (χ2v) is 8.59. The van der Waals surface area contributed by atoms with Crippen molar-refractivity contribution in [2.24, 2.45) is 0 Å². The van der Waals surface area contributed by atoms with E-state index in [1.807, 2.05) is 30.3 Å². The Balaban J connectivity index is 1.65. The molecule has 0 saturated carbocycles. The second-order valence-electron chi connectivity index (χ2n) is 6.70. The monoisotopic (exact) mass is 414 g/mol.